The Balaban J connectivity index is 1.92. The minimum atomic E-state index is -0.694. The van der Waals surface area contributed by atoms with Crippen LogP contribution in [0.4, 0.5) is 11.4 Å². The topological polar surface area (TPSA) is 148 Å². The second-order valence-electron chi connectivity index (χ2n) is 7.42. The van der Waals surface area contributed by atoms with E-state index in [1.165, 1.54) is 26.4 Å². The number of nitrogens with zero attached hydrogens (tertiary/aromatic N) is 6. The third-order valence-corrected chi connectivity index (χ3v) is 5.38. The molecule has 0 aliphatic carbocycles. The Morgan fingerprint density at radius 2 is 1.46 bits per heavy atom. The average molecular weight is 472 g/mol. The van der Waals surface area contributed by atoms with Crippen LogP contribution in [0.1, 0.15) is 0 Å². The number of imidazole rings is 1. The summed E-state index contributed by atoms with van der Waals surface area (Å²) >= 11 is 0. The number of hydrogen-bond acceptors (Lipinski definition) is 9. The summed E-state index contributed by atoms with van der Waals surface area (Å²) in [7, 11) is 3.00. The highest BCUT2D eigenvalue weighted by molar-refractivity contribution is 5.87. The molecule has 0 saturated heterocycles. The zero-order valence-corrected chi connectivity index (χ0v) is 18.4. The fourth-order valence-electron chi connectivity index (χ4n) is 3.79. The maximum absolute atomic E-state index is 11.5. The van der Waals surface area contributed by atoms with E-state index in [-0.39, 0.29) is 17.0 Å². The van der Waals surface area contributed by atoms with Crippen LogP contribution in [0.5, 0.6) is 11.5 Å². The number of rotatable bonds is 6. The molecule has 0 aliphatic rings. The number of para-hydroxylation sites is 2. The van der Waals surface area contributed by atoms with Gasteiger partial charge in [0.2, 0.25) is 0 Å². The smallest absolute Gasteiger partial charge is 0.277 e. The Morgan fingerprint density at radius 1 is 0.800 bits per heavy atom. The summed E-state index contributed by atoms with van der Waals surface area (Å²) in [6.07, 6.45) is 0. The first-order valence-electron chi connectivity index (χ1n) is 10.2. The van der Waals surface area contributed by atoms with Gasteiger partial charge in [0.25, 0.3) is 11.4 Å². The molecule has 0 bridgehead atoms. The number of fused-ring (bicyclic) bond motifs is 2. The van der Waals surface area contributed by atoms with Crippen molar-refractivity contribution >= 4 is 33.7 Å². The molecule has 12 heteroatoms. The quantitative estimate of drug-likeness (QED) is 0.258. The van der Waals surface area contributed by atoms with Crippen LogP contribution in [0.2, 0.25) is 0 Å². The summed E-state index contributed by atoms with van der Waals surface area (Å²) in [5.41, 5.74) is 1.48. The molecular weight excluding hydrogens is 456 g/mol. The van der Waals surface area contributed by atoms with E-state index < -0.39 is 21.2 Å². The van der Waals surface area contributed by atoms with E-state index in [9.17, 15) is 20.2 Å². The van der Waals surface area contributed by atoms with Gasteiger partial charge >= 0.3 is 0 Å². The van der Waals surface area contributed by atoms with Gasteiger partial charge in [0.05, 0.1) is 46.9 Å². The van der Waals surface area contributed by atoms with Gasteiger partial charge in [-0.05, 0) is 24.3 Å². The molecule has 2 heterocycles. The third kappa shape index (κ3) is 3.72. The first-order chi connectivity index (χ1) is 16.9. The molecule has 0 N–H and O–H groups in total. The van der Waals surface area contributed by atoms with Crippen molar-refractivity contribution in [1.29, 1.82) is 0 Å². The van der Waals surface area contributed by atoms with Crippen molar-refractivity contribution in [1.82, 2.24) is 19.5 Å². The number of methoxy groups -OCH3 is 2. The molecule has 3 aromatic carbocycles. The number of benzene rings is 3. The number of non-ortho nitro benzene ring substituents is 2. The molecule has 0 aliphatic heterocycles. The van der Waals surface area contributed by atoms with Gasteiger partial charge in [0.15, 0.2) is 11.3 Å². The van der Waals surface area contributed by atoms with Gasteiger partial charge in [-0.3, -0.25) is 24.8 Å². The maximum Gasteiger partial charge on any atom is 0.277 e. The molecule has 0 atom stereocenters. The fourth-order valence-corrected chi connectivity index (χ4v) is 3.79. The Kier molecular flexibility index (Phi) is 5.17. The Hall–Kier alpha value is -5.13. The second kappa shape index (κ2) is 8.33. The molecule has 12 nitrogen and oxygen atoms in total. The number of nitro benzene ring substituents is 2. The summed E-state index contributed by atoms with van der Waals surface area (Å²) in [5, 5.41) is 23.0. The van der Waals surface area contributed by atoms with E-state index in [2.05, 4.69) is 9.97 Å². The van der Waals surface area contributed by atoms with Crippen molar-refractivity contribution in [3.63, 3.8) is 0 Å². The number of hydrogen-bond donors (Lipinski definition) is 0. The third-order valence-electron chi connectivity index (χ3n) is 5.38. The van der Waals surface area contributed by atoms with Gasteiger partial charge in [0.1, 0.15) is 17.3 Å². The largest absolute Gasteiger partial charge is 0.497 e. The minimum Gasteiger partial charge on any atom is -0.497 e. The summed E-state index contributed by atoms with van der Waals surface area (Å²) in [6, 6.07) is 15.6. The van der Waals surface area contributed by atoms with Crippen LogP contribution in [0.15, 0.2) is 60.7 Å². The molecule has 174 valence electrons. The zero-order valence-electron chi connectivity index (χ0n) is 18.4. The number of aromatic nitrogens is 4. The normalized spacial score (nSPS) is 11.0. The van der Waals surface area contributed by atoms with Crippen LogP contribution < -0.4 is 9.47 Å². The summed E-state index contributed by atoms with van der Waals surface area (Å²) in [6.45, 7) is 0. The molecular formula is C23H16N6O6. The highest BCUT2D eigenvalue weighted by Crippen LogP contribution is 2.37. The van der Waals surface area contributed by atoms with Crippen molar-refractivity contribution in [3.05, 3.63) is 80.9 Å². The van der Waals surface area contributed by atoms with Crippen LogP contribution in [0.25, 0.3) is 39.4 Å². The highest BCUT2D eigenvalue weighted by Gasteiger charge is 2.24. The van der Waals surface area contributed by atoms with Crippen LogP contribution in [0.3, 0.4) is 0 Å². The molecule has 5 aromatic rings. The summed E-state index contributed by atoms with van der Waals surface area (Å²) < 4.78 is 12.5. The van der Waals surface area contributed by atoms with Crippen molar-refractivity contribution in [2.45, 2.75) is 0 Å². The lowest BCUT2D eigenvalue weighted by molar-refractivity contribution is -0.394. The molecule has 5 rings (SSSR count). The van der Waals surface area contributed by atoms with Gasteiger partial charge in [0, 0.05) is 23.8 Å². The Morgan fingerprint density at radius 3 is 2.06 bits per heavy atom. The van der Waals surface area contributed by atoms with E-state index in [0.29, 0.717) is 33.9 Å². The van der Waals surface area contributed by atoms with E-state index >= 15 is 0 Å². The monoisotopic (exact) mass is 472 g/mol. The van der Waals surface area contributed by atoms with Crippen molar-refractivity contribution < 1.29 is 19.3 Å². The van der Waals surface area contributed by atoms with E-state index in [0.717, 1.165) is 6.07 Å². The fraction of sp³-hybridized carbons (Fsp3) is 0.0870. The lowest BCUT2D eigenvalue weighted by Gasteiger charge is -2.14. The molecule has 0 fully saturated rings. The van der Waals surface area contributed by atoms with Gasteiger partial charge in [-0.15, -0.1) is 0 Å². The van der Waals surface area contributed by atoms with Gasteiger partial charge < -0.3 is 9.47 Å². The molecule has 0 unspecified atom stereocenters. The SMILES string of the molecule is COc1ccc(OC)c(-n2c(-c3cc([N+](=O)[O-])cc([N+](=O)[O-])c3)nc3nc4ccccc4nc32)c1. The maximum atomic E-state index is 11.5. The first-order valence-corrected chi connectivity index (χ1v) is 10.2. The molecule has 0 radical (unpaired) electrons. The van der Waals surface area contributed by atoms with Gasteiger partial charge in [-0.2, -0.15) is 0 Å². The van der Waals surface area contributed by atoms with Crippen molar-refractivity contribution in [3.8, 4) is 28.6 Å². The average Bonchev–Trinajstić information content (AvgIpc) is 3.24. The minimum absolute atomic E-state index is 0.139. The Bertz CT molecular complexity index is 1620. The van der Waals surface area contributed by atoms with Crippen LogP contribution in [-0.2, 0) is 0 Å². The molecule has 2 aromatic heterocycles. The second-order valence-corrected chi connectivity index (χ2v) is 7.42. The van der Waals surface area contributed by atoms with E-state index in [1.807, 2.05) is 12.1 Å². The van der Waals surface area contributed by atoms with Crippen LogP contribution >= 0.6 is 0 Å². The predicted octanol–water partition coefficient (Wildman–Crippen LogP) is 4.47. The highest BCUT2D eigenvalue weighted by atomic mass is 16.6. The Labute approximate surface area is 196 Å². The predicted molar refractivity (Wildman–Crippen MR) is 126 cm³/mol. The van der Waals surface area contributed by atoms with Gasteiger partial charge in [-0.1, -0.05) is 12.1 Å². The molecule has 0 spiro atoms. The van der Waals surface area contributed by atoms with Crippen molar-refractivity contribution in [2.75, 3.05) is 14.2 Å². The molecule has 0 saturated carbocycles. The number of ether oxygens (including phenoxy) is 2. The summed E-state index contributed by atoms with van der Waals surface area (Å²) in [4.78, 5) is 35.6. The molecule has 0 amide bonds. The van der Waals surface area contributed by atoms with Crippen LogP contribution in [-0.4, -0.2) is 43.6 Å². The standard InChI is InChI=1S/C23H16N6O6/c1-34-16-7-8-20(35-2)19(12-16)27-22(13-9-14(28(30)31)11-15(10-13)29(32)33)26-21-23(27)25-18-6-4-3-5-17(18)24-21/h3-12H,1-2H3. The number of nitro groups is 2. The lowest BCUT2D eigenvalue weighted by Crippen LogP contribution is -2.03. The van der Waals surface area contributed by atoms with E-state index in [1.54, 1.807) is 34.9 Å². The molecule has 35 heavy (non-hydrogen) atoms. The van der Waals surface area contributed by atoms with Crippen LogP contribution in [0, 0.1) is 20.2 Å². The first kappa shape index (κ1) is 21.7. The lowest BCUT2D eigenvalue weighted by atomic mass is 10.1. The van der Waals surface area contributed by atoms with Gasteiger partial charge in [-0.25, -0.2) is 15.0 Å². The zero-order chi connectivity index (χ0) is 24.7. The van der Waals surface area contributed by atoms with Crippen molar-refractivity contribution in [2.24, 2.45) is 0 Å². The summed E-state index contributed by atoms with van der Waals surface area (Å²) in [5.74, 6) is 1.10. The van der Waals surface area contributed by atoms with E-state index in [4.69, 9.17) is 14.5 Å².